The Labute approximate surface area is 105 Å². The number of rotatable bonds is 6. The highest BCUT2D eigenvalue weighted by Crippen LogP contribution is 2.22. The van der Waals surface area contributed by atoms with Crippen LogP contribution in [0.3, 0.4) is 0 Å². The summed E-state index contributed by atoms with van der Waals surface area (Å²) in [4.78, 5) is 13.7. The van der Waals surface area contributed by atoms with E-state index in [0.717, 1.165) is 39.0 Å². The van der Waals surface area contributed by atoms with Gasteiger partial charge in [-0.1, -0.05) is 13.8 Å². The van der Waals surface area contributed by atoms with Crippen LogP contribution < -0.4 is 11.1 Å². The van der Waals surface area contributed by atoms with E-state index in [1.807, 2.05) is 0 Å². The van der Waals surface area contributed by atoms with Crippen molar-refractivity contribution in [3.63, 3.8) is 0 Å². The van der Waals surface area contributed by atoms with Crippen LogP contribution in [0.2, 0.25) is 0 Å². The van der Waals surface area contributed by atoms with Crippen LogP contribution in [0.25, 0.3) is 0 Å². The number of likely N-dealkylation sites (tertiary alicyclic amines) is 1. The number of nitrogens with one attached hydrogen (secondary N) is 1. The van der Waals surface area contributed by atoms with Crippen molar-refractivity contribution in [1.82, 2.24) is 10.2 Å². The van der Waals surface area contributed by atoms with Crippen LogP contribution in [0.5, 0.6) is 0 Å². The van der Waals surface area contributed by atoms with Gasteiger partial charge in [0.1, 0.15) is 0 Å². The minimum atomic E-state index is -0.138. The predicted molar refractivity (Wildman–Crippen MR) is 70.7 cm³/mol. The molecular weight excluding hydrogens is 214 g/mol. The number of nitrogens with zero attached hydrogens (tertiary/aromatic N) is 1. The minimum Gasteiger partial charge on any atom is -0.369 e. The smallest absolute Gasteiger partial charge is 0.221 e. The molecule has 4 nitrogen and oxygen atoms in total. The van der Waals surface area contributed by atoms with Crippen LogP contribution in [-0.4, -0.2) is 43.0 Å². The molecule has 17 heavy (non-hydrogen) atoms. The van der Waals surface area contributed by atoms with Crippen LogP contribution >= 0.6 is 0 Å². The highest BCUT2D eigenvalue weighted by Gasteiger charge is 2.28. The number of piperidine rings is 1. The van der Waals surface area contributed by atoms with Gasteiger partial charge < -0.3 is 11.1 Å². The lowest BCUT2D eigenvalue weighted by molar-refractivity contribution is -0.124. The van der Waals surface area contributed by atoms with E-state index in [1.54, 1.807) is 0 Å². The maximum Gasteiger partial charge on any atom is 0.221 e. The third-order valence-electron chi connectivity index (χ3n) is 3.70. The topological polar surface area (TPSA) is 58.4 Å². The van der Waals surface area contributed by atoms with Crippen LogP contribution in [-0.2, 0) is 4.79 Å². The highest BCUT2D eigenvalue weighted by molar-refractivity contribution is 5.76. The lowest BCUT2D eigenvalue weighted by atomic mass is 9.92. The molecule has 1 rings (SSSR count). The van der Waals surface area contributed by atoms with Crippen molar-refractivity contribution >= 4 is 5.91 Å². The highest BCUT2D eigenvalue weighted by atomic mass is 16.1. The Morgan fingerprint density at radius 3 is 2.82 bits per heavy atom. The first-order chi connectivity index (χ1) is 8.04. The van der Waals surface area contributed by atoms with Gasteiger partial charge in [0.2, 0.25) is 5.91 Å². The van der Waals surface area contributed by atoms with Gasteiger partial charge in [0.25, 0.3) is 0 Å². The summed E-state index contributed by atoms with van der Waals surface area (Å²) in [5.74, 6) is 0.530. The number of primary amides is 1. The van der Waals surface area contributed by atoms with Crippen molar-refractivity contribution in [1.29, 1.82) is 0 Å². The second kappa shape index (κ2) is 6.97. The fourth-order valence-electron chi connectivity index (χ4n) is 2.52. The molecule has 100 valence electrons. The monoisotopic (exact) mass is 241 g/mol. The summed E-state index contributed by atoms with van der Waals surface area (Å²) in [6.45, 7) is 10.6. The fourth-order valence-corrected chi connectivity index (χ4v) is 2.52. The van der Waals surface area contributed by atoms with Crippen LogP contribution in [0.15, 0.2) is 0 Å². The Kier molecular flexibility index (Phi) is 5.92. The second-order valence-corrected chi connectivity index (χ2v) is 5.39. The van der Waals surface area contributed by atoms with Gasteiger partial charge in [-0.05, 0) is 38.8 Å². The van der Waals surface area contributed by atoms with E-state index in [0.29, 0.717) is 12.0 Å². The van der Waals surface area contributed by atoms with E-state index in [2.05, 4.69) is 31.0 Å². The Balaban J connectivity index is 2.41. The zero-order valence-electron chi connectivity index (χ0n) is 11.4. The molecule has 0 aromatic heterocycles. The fraction of sp³-hybridized carbons (Fsp3) is 0.923. The van der Waals surface area contributed by atoms with Gasteiger partial charge in [0.05, 0.1) is 5.92 Å². The van der Waals surface area contributed by atoms with E-state index >= 15 is 0 Å². The van der Waals surface area contributed by atoms with Crippen molar-refractivity contribution in [2.45, 2.75) is 39.7 Å². The molecule has 4 heteroatoms. The molecule has 1 saturated heterocycles. The molecule has 0 aromatic carbocycles. The molecule has 1 aliphatic heterocycles. The second-order valence-electron chi connectivity index (χ2n) is 5.39. The largest absolute Gasteiger partial charge is 0.369 e. The molecule has 1 amide bonds. The number of hydrogen-bond acceptors (Lipinski definition) is 3. The van der Waals surface area contributed by atoms with E-state index in [-0.39, 0.29) is 11.8 Å². The van der Waals surface area contributed by atoms with Gasteiger partial charge in [-0.25, -0.2) is 0 Å². The maximum absolute atomic E-state index is 11.2. The summed E-state index contributed by atoms with van der Waals surface area (Å²) >= 11 is 0. The Hall–Kier alpha value is -0.610. The van der Waals surface area contributed by atoms with Gasteiger partial charge >= 0.3 is 0 Å². The molecule has 3 atom stereocenters. The molecule has 0 saturated carbocycles. The molecule has 0 bridgehead atoms. The van der Waals surface area contributed by atoms with Crippen molar-refractivity contribution in [2.24, 2.45) is 17.6 Å². The van der Waals surface area contributed by atoms with E-state index < -0.39 is 0 Å². The third kappa shape index (κ3) is 4.64. The summed E-state index contributed by atoms with van der Waals surface area (Å²) in [6, 6.07) is 0.578. The molecule has 1 heterocycles. The first-order valence-corrected chi connectivity index (χ1v) is 6.78. The quantitative estimate of drug-likeness (QED) is 0.724. The van der Waals surface area contributed by atoms with E-state index in [4.69, 9.17) is 5.73 Å². The molecule has 0 radical (unpaired) electrons. The average molecular weight is 241 g/mol. The number of carbonyl (C=O) groups is 1. The molecule has 0 spiro atoms. The van der Waals surface area contributed by atoms with Crippen LogP contribution in [0.1, 0.15) is 33.6 Å². The van der Waals surface area contributed by atoms with Gasteiger partial charge in [-0.15, -0.1) is 0 Å². The van der Waals surface area contributed by atoms with Crippen molar-refractivity contribution in [2.75, 3.05) is 26.2 Å². The predicted octanol–water partition coefficient (Wildman–Crippen LogP) is 0.818. The van der Waals surface area contributed by atoms with Crippen LogP contribution in [0, 0.1) is 11.8 Å². The lowest BCUT2D eigenvalue weighted by Gasteiger charge is -2.38. The number of carbonyl (C=O) groups excluding carboxylic acids is 1. The number of hydrogen-bond donors (Lipinski definition) is 2. The van der Waals surface area contributed by atoms with Gasteiger partial charge in [0, 0.05) is 19.1 Å². The maximum atomic E-state index is 11.2. The van der Waals surface area contributed by atoms with Gasteiger partial charge in [-0.3, -0.25) is 9.69 Å². The standard InChI is InChI=1S/C13H27N3O/c1-4-15-7-10(2)8-16-9-12(13(14)17)6-5-11(16)3/h10-12,15H,4-9H2,1-3H3,(H2,14,17). The summed E-state index contributed by atoms with van der Waals surface area (Å²) < 4.78 is 0. The molecule has 0 aliphatic carbocycles. The zero-order chi connectivity index (χ0) is 12.8. The third-order valence-corrected chi connectivity index (χ3v) is 3.70. The molecule has 1 fully saturated rings. The Bertz CT molecular complexity index is 245. The summed E-state index contributed by atoms with van der Waals surface area (Å²) in [7, 11) is 0. The average Bonchev–Trinajstić information content (AvgIpc) is 2.29. The molecule has 3 unspecified atom stereocenters. The Morgan fingerprint density at radius 1 is 1.53 bits per heavy atom. The zero-order valence-corrected chi connectivity index (χ0v) is 11.4. The van der Waals surface area contributed by atoms with Crippen molar-refractivity contribution < 1.29 is 4.79 Å². The van der Waals surface area contributed by atoms with Gasteiger partial charge in [-0.2, -0.15) is 0 Å². The van der Waals surface area contributed by atoms with E-state index in [9.17, 15) is 4.79 Å². The Morgan fingerprint density at radius 2 is 2.24 bits per heavy atom. The summed E-state index contributed by atoms with van der Waals surface area (Å²) in [6.07, 6.45) is 2.04. The summed E-state index contributed by atoms with van der Waals surface area (Å²) in [5.41, 5.74) is 5.41. The molecule has 3 N–H and O–H groups in total. The number of nitrogens with two attached hydrogens (primary N) is 1. The van der Waals surface area contributed by atoms with Crippen molar-refractivity contribution in [3.05, 3.63) is 0 Å². The minimum absolute atomic E-state index is 0.0533. The van der Waals surface area contributed by atoms with E-state index in [1.165, 1.54) is 0 Å². The molecule has 1 aliphatic rings. The lowest BCUT2D eigenvalue weighted by Crippen LogP contribution is -2.48. The first kappa shape index (κ1) is 14.5. The number of amides is 1. The van der Waals surface area contributed by atoms with Crippen molar-refractivity contribution in [3.8, 4) is 0 Å². The first-order valence-electron chi connectivity index (χ1n) is 6.78. The summed E-state index contributed by atoms with van der Waals surface area (Å²) in [5, 5.41) is 3.37. The normalized spacial score (nSPS) is 27.9. The molecule has 0 aromatic rings. The van der Waals surface area contributed by atoms with Crippen LogP contribution in [0.4, 0.5) is 0 Å². The molecular formula is C13H27N3O. The van der Waals surface area contributed by atoms with Gasteiger partial charge in [0.15, 0.2) is 0 Å². The SMILES string of the molecule is CCNCC(C)CN1CC(C(N)=O)CCC1C.